The molecule has 0 fully saturated rings. The Morgan fingerprint density at radius 3 is 2.71 bits per heavy atom. The first-order chi connectivity index (χ1) is 11.4. The Balaban J connectivity index is 1.94. The monoisotopic (exact) mass is 346 g/mol. The van der Waals surface area contributed by atoms with Crippen LogP contribution in [0, 0.1) is 13.8 Å². The van der Waals surface area contributed by atoms with E-state index in [0.717, 1.165) is 11.1 Å². The fraction of sp³-hybridized carbons (Fsp3) is 0.222. The normalized spacial score (nSPS) is 11.2. The molecule has 0 aliphatic heterocycles. The number of nitrogens with one attached hydrogen (secondary N) is 1. The van der Waals surface area contributed by atoms with E-state index in [1.54, 1.807) is 43.3 Å². The highest BCUT2D eigenvalue weighted by Crippen LogP contribution is 2.21. The van der Waals surface area contributed by atoms with E-state index < -0.39 is 5.91 Å². The van der Waals surface area contributed by atoms with Crippen molar-refractivity contribution in [1.29, 1.82) is 0 Å². The fourth-order valence-electron chi connectivity index (χ4n) is 2.03. The number of phenolic OH excluding ortho intramolecular Hbond substituents is 1. The average Bonchev–Trinajstić information content (AvgIpc) is 2.56. The Morgan fingerprint density at radius 1 is 1.25 bits per heavy atom. The zero-order valence-corrected chi connectivity index (χ0v) is 14.5. The lowest BCUT2D eigenvalue weighted by Gasteiger charge is -2.08. The van der Waals surface area contributed by atoms with E-state index in [4.69, 9.17) is 16.3 Å². The van der Waals surface area contributed by atoms with Crippen molar-refractivity contribution in [2.45, 2.75) is 20.8 Å². The molecule has 2 rings (SSSR count). The SMILES string of the molecule is C/C(=N\NC(=O)COc1ccc(Cl)c(C)c1)c1cc(C)ccc1O. The van der Waals surface area contributed by atoms with E-state index >= 15 is 0 Å². The number of phenols is 1. The number of amides is 1. The average molecular weight is 347 g/mol. The van der Waals surface area contributed by atoms with Crippen LogP contribution in [0.15, 0.2) is 41.5 Å². The Hall–Kier alpha value is -2.53. The van der Waals surface area contributed by atoms with E-state index in [0.29, 0.717) is 22.0 Å². The number of nitrogens with zero attached hydrogens (tertiary/aromatic N) is 1. The number of carbonyl (C=O) groups excluding carboxylic acids is 1. The zero-order valence-electron chi connectivity index (χ0n) is 13.8. The summed E-state index contributed by atoms with van der Waals surface area (Å²) in [7, 11) is 0. The highest BCUT2D eigenvalue weighted by Gasteiger charge is 2.07. The summed E-state index contributed by atoms with van der Waals surface area (Å²) in [6, 6.07) is 10.4. The van der Waals surface area contributed by atoms with Crippen LogP contribution in [-0.4, -0.2) is 23.3 Å². The minimum absolute atomic E-state index is 0.115. The first kappa shape index (κ1) is 17.8. The van der Waals surface area contributed by atoms with Crippen LogP contribution in [0.4, 0.5) is 0 Å². The summed E-state index contributed by atoms with van der Waals surface area (Å²) in [5, 5.41) is 14.5. The number of aromatic hydroxyl groups is 1. The number of ether oxygens (including phenoxy) is 1. The molecule has 0 aromatic heterocycles. The first-order valence-corrected chi connectivity index (χ1v) is 7.76. The molecule has 0 aliphatic carbocycles. The van der Waals surface area contributed by atoms with Gasteiger partial charge in [-0.2, -0.15) is 5.10 Å². The van der Waals surface area contributed by atoms with Gasteiger partial charge in [0, 0.05) is 10.6 Å². The second-order valence-corrected chi connectivity index (χ2v) is 5.86. The van der Waals surface area contributed by atoms with Gasteiger partial charge < -0.3 is 9.84 Å². The molecule has 2 aromatic rings. The van der Waals surface area contributed by atoms with Crippen LogP contribution in [0.5, 0.6) is 11.5 Å². The molecule has 0 spiro atoms. The Bertz CT molecular complexity index is 788. The van der Waals surface area contributed by atoms with Crippen LogP contribution in [0.3, 0.4) is 0 Å². The second kappa shape index (κ2) is 7.84. The van der Waals surface area contributed by atoms with Crippen molar-refractivity contribution in [2.75, 3.05) is 6.61 Å². The molecule has 0 heterocycles. The van der Waals surface area contributed by atoms with E-state index in [2.05, 4.69) is 10.5 Å². The van der Waals surface area contributed by atoms with Crippen LogP contribution in [-0.2, 0) is 4.79 Å². The Morgan fingerprint density at radius 2 is 2.00 bits per heavy atom. The summed E-state index contributed by atoms with van der Waals surface area (Å²) in [5.74, 6) is 0.280. The van der Waals surface area contributed by atoms with Crippen LogP contribution in [0.25, 0.3) is 0 Å². The van der Waals surface area contributed by atoms with Crippen molar-refractivity contribution in [1.82, 2.24) is 5.43 Å². The van der Waals surface area contributed by atoms with Crippen molar-refractivity contribution >= 4 is 23.2 Å². The third kappa shape index (κ3) is 4.73. The molecule has 0 saturated carbocycles. The van der Waals surface area contributed by atoms with Crippen molar-refractivity contribution in [3.8, 4) is 11.5 Å². The van der Waals surface area contributed by atoms with E-state index in [1.807, 2.05) is 13.8 Å². The lowest BCUT2D eigenvalue weighted by Crippen LogP contribution is -2.25. The van der Waals surface area contributed by atoms with Crippen molar-refractivity contribution < 1.29 is 14.6 Å². The summed E-state index contributed by atoms with van der Waals surface area (Å²) in [6.45, 7) is 5.31. The number of aryl methyl sites for hydroxylation is 2. The largest absolute Gasteiger partial charge is 0.507 e. The van der Waals surface area contributed by atoms with Crippen molar-refractivity contribution in [3.63, 3.8) is 0 Å². The van der Waals surface area contributed by atoms with Crippen LogP contribution in [0.2, 0.25) is 5.02 Å². The van der Waals surface area contributed by atoms with Crippen LogP contribution < -0.4 is 10.2 Å². The summed E-state index contributed by atoms with van der Waals surface area (Å²) in [6.07, 6.45) is 0. The molecule has 5 nitrogen and oxygen atoms in total. The van der Waals surface area contributed by atoms with E-state index in [9.17, 15) is 9.90 Å². The van der Waals surface area contributed by atoms with Crippen LogP contribution >= 0.6 is 11.6 Å². The summed E-state index contributed by atoms with van der Waals surface area (Å²) in [5.41, 5.74) is 5.36. The van der Waals surface area contributed by atoms with Gasteiger partial charge in [0.1, 0.15) is 11.5 Å². The molecular weight excluding hydrogens is 328 g/mol. The number of hydrogen-bond acceptors (Lipinski definition) is 4. The summed E-state index contributed by atoms with van der Waals surface area (Å²) >= 11 is 5.94. The molecule has 0 atom stereocenters. The van der Waals surface area contributed by atoms with Gasteiger partial charge in [0.05, 0.1) is 5.71 Å². The number of carbonyl (C=O) groups is 1. The maximum atomic E-state index is 11.8. The highest BCUT2D eigenvalue weighted by atomic mass is 35.5. The van der Waals surface area contributed by atoms with E-state index in [-0.39, 0.29) is 12.4 Å². The number of benzene rings is 2. The lowest BCUT2D eigenvalue weighted by molar-refractivity contribution is -0.123. The van der Waals surface area contributed by atoms with Crippen molar-refractivity contribution in [2.24, 2.45) is 5.10 Å². The maximum absolute atomic E-state index is 11.8. The molecule has 0 aliphatic rings. The number of hydrogen-bond donors (Lipinski definition) is 2. The molecule has 0 saturated heterocycles. The molecule has 1 amide bonds. The van der Waals surface area contributed by atoms with Gasteiger partial charge in [-0.1, -0.05) is 23.2 Å². The Kier molecular flexibility index (Phi) is 5.82. The molecule has 2 N–H and O–H groups in total. The second-order valence-electron chi connectivity index (χ2n) is 5.45. The standard InChI is InChI=1S/C18H19ClN2O3/c1-11-4-7-17(22)15(8-11)13(3)20-21-18(23)10-24-14-5-6-16(19)12(2)9-14/h4-9,22H,10H2,1-3H3,(H,21,23)/b20-13+. The molecule has 6 heteroatoms. The number of hydrazone groups is 1. The van der Waals surface area contributed by atoms with Gasteiger partial charge in [0.25, 0.3) is 5.91 Å². The molecular formula is C18H19ClN2O3. The topological polar surface area (TPSA) is 70.9 Å². The summed E-state index contributed by atoms with van der Waals surface area (Å²) in [4.78, 5) is 11.8. The minimum Gasteiger partial charge on any atom is -0.507 e. The van der Waals surface area contributed by atoms with Gasteiger partial charge in [-0.05, 0) is 56.7 Å². The number of halogens is 1. The molecule has 0 radical (unpaired) electrons. The predicted octanol–water partition coefficient (Wildman–Crippen LogP) is 3.58. The van der Waals surface area contributed by atoms with E-state index in [1.165, 1.54) is 0 Å². The highest BCUT2D eigenvalue weighted by molar-refractivity contribution is 6.31. The zero-order chi connectivity index (χ0) is 17.7. The minimum atomic E-state index is -0.394. The van der Waals surface area contributed by atoms with Gasteiger partial charge in [0.2, 0.25) is 0 Å². The molecule has 0 unspecified atom stereocenters. The van der Waals surface area contributed by atoms with Crippen LogP contribution in [0.1, 0.15) is 23.6 Å². The van der Waals surface area contributed by atoms with Gasteiger partial charge in [-0.15, -0.1) is 0 Å². The predicted molar refractivity (Wildman–Crippen MR) is 94.9 cm³/mol. The lowest BCUT2D eigenvalue weighted by atomic mass is 10.1. The fourth-order valence-corrected chi connectivity index (χ4v) is 2.15. The Labute approximate surface area is 145 Å². The van der Waals surface area contributed by atoms with Gasteiger partial charge in [0.15, 0.2) is 6.61 Å². The van der Waals surface area contributed by atoms with Gasteiger partial charge in [-0.25, -0.2) is 5.43 Å². The van der Waals surface area contributed by atoms with Gasteiger partial charge in [-0.3, -0.25) is 4.79 Å². The quantitative estimate of drug-likeness (QED) is 0.642. The smallest absolute Gasteiger partial charge is 0.277 e. The van der Waals surface area contributed by atoms with Crippen molar-refractivity contribution in [3.05, 3.63) is 58.1 Å². The molecule has 126 valence electrons. The molecule has 24 heavy (non-hydrogen) atoms. The first-order valence-electron chi connectivity index (χ1n) is 7.39. The third-order valence-electron chi connectivity index (χ3n) is 3.39. The summed E-state index contributed by atoms with van der Waals surface area (Å²) < 4.78 is 5.40. The third-order valence-corrected chi connectivity index (χ3v) is 3.81. The number of rotatable bonds is 5. The maximum Gasteiger partial charge on any atom is 0.277 e. The molecule has 2 aromatic carbocycles. The van der Waals surface area contributed by atoms with Gasteiger partial charge >= 0.3 is 0 Å². The molecule has 0 bridgehead atoms.